The van der Waals surface area contributed by atoms with Crippen molar-refractivity contribution in [2.45, 2.75) is 26.8 Å². The fraction of sp³-hybridized carbons (Fsp3) is 0.727. The maximum atomic E-state index is 5.65. The lowest BCUT2D eigenvalue weighted by molar-refractivity contribution is 0.0971. The second-order valence-corrected chi connectivity index (χ2v) is 3.66. The van der Waals surface area contributed by atoms with Crippen molar-refractivity contribution in [1.82, 2.24) is 9.78 Å². The number of rotatable bonds is 7. The van der Waals surface area contributed by atoms with Crippen LogP contribution < -0.4 is 10.5 Å². The average molecular weight is 227 g/mol. The standard InChI is InChI=1S/C11H21N3O2/c1-4-5-15-6-7-16-11-10(8-12)9(2)13-14(11)3/h4-8,12H2,1-3H3. The Kier molecular flexibility index (Phi) is 5.28. The van der Waals surface area contributed by atoms with Crippen molar-refractivity contribution < 1.29 is 9.47 Å². The first-order chi connectivity index (χ1) is 7.70. The van der Waals surface area contributed by atoms with Gasteiger partial charge in [-0.1, -0.05) is 6.92 Å². The van der Waals surface area contributed by atoms with Crippen molar-refractivity contribution in [2.24, 2.45) is 12.8 Å². The molecule has 1 aromatic rings. The molecule has 16 heavy (non-hydrogen) atoms. The van der Waals surface area contributed by atoms with Crippen molar-refractivity contribution in [3.8, 4) is 5.88 Å². The zero-order chi connectivity index (χ0) is 12.0. The number of nitrogens with zero attached hydrogens (tertiary/aromatic N) is 2. The quantitative estimate of drug-likeness (QED) is 0.706. The first-order valence-corrected chi connectivity index (χ1v) is 5.63. The molecule has 2 N–H and O–H groups in total. The van der Waals surface area contributed by atoms with Crippen LogP contribution in [0.2, 0.25) is 0 Å². The lowest BCUT2D eigenvalue weighted by Gasteiger charge is -2.08. The van der Waals surface area contributed by atoms with Crippen LogP contribution in [0.3, 0.4) is 0 Å². The first kappa shape index (κ1) is 13.0. The molecule has 0 aliphatic heterocycles. The number of aromatic nitrogens is 2. The normalized spacial score (nSPS) is 10.8. The Morgan fingerprint density at radius 3 is 2.69 bits per heavy atom. The summed E-state index contributed by atoms with van der Waals surface area (Å²) in [5.74, 6) is 0.750. The van der Waals surface area contributed by atoms with Crippen LogP contribution >= 0.6 is 0 Å². The molecule has 5 nitrogen and oxygen atoms in total. The molecular formula is C11H21N3O2. The molecule has 0 saturated carbocycles. The van der Waals surface area contributed by atoms with Crippen LogP contribution in [0.15, 0.2) is 0 Å². The van der Waals surface area contributed by atoms with Crippen molar-refractivity contribution in [1.29, 1.82) is 0 Å². The molecule has 1 heterocycles. The molecule has 0 aromatic carbocycles. The molecule has 0 fully saturated rings. The zero-order valence-electron chi connectivity index (χ0n) is 10.3. The van der Waals surface area contributed by atoms with E-state index >= 15 is 0 Å². The molecule has 0 radical (unpaired) electrons. The number of hydrogen-bond donors (Lipinski definition) is 1. The van der Waals surface area contributed by atoms with Crippen LogP contribution in [-0.2, 0) is 18.3 Å². The smallest absolute Gasteiger partial charge is 0.216 e. The number of nitrogens with two attached hydrogens (primary N) is 1. The molecule has 0 aliphatic carbocycles. The van der Waals surface area contributed by atoms with Gasteiger partial charge in [-0.15, -0.1) is 0 Å². The maximum absolute atomic E-state index is 5.65. The molecule has 0 aliphatic rings. The Hall–Kier alpha value is -1.07. The third-order valence-corrected chi connectivity index (χ3v) is 2.31. The summed E-state index contributed by atoms with van der Waals surface area (Å²) in [7, 11) is 1.86. The molecular weight excluding hydrogens is 206 g/mol. The minimum Gasteiger partial charge on any atom is -0.475 e. The van der Waals surface area contributed by atoms with E-state index in [4.69, 9.17) is 15.2 Å². The molecule has 1 rings (SSSR count). The van der Waals surface area contributed by atoms with Gasteiger partial charge < -0.3 is 15.2 Å². The Morgan fingerprint density at radius 2 is 2.06 bits per heavy atom. The van der Waals surface area contributed by atoms with Crippen LogP contribution in [0.4, 0.5) is 0 Å². The van der Waals surface area contributed by atoms with E-state index in [1.165, 1.54) is 0 Å². The van der Waals surface area contributed by atoms with E-state index in [0.717, 1.165) is 30.2 Å². The van der Waals surface area contributed by atoms with Crippen LogP contribution in [-0.4, -0.2) is 29.6 Å². The first-order valence-electron chi connectivity index (χ1n) is 5.63. The van der Waals surface area contributed by atoms with Crippen molar-refractivity contribution in [2.75, 3.05) is 19.8 Å². The summed E-state index contributed by atoms with van der Waals surface area (Å²) in [6.45, 7) is 6.37. The van der Waals surface area contributed by atoms with Crippen molar-refractivity contribution in [3.05, 3.63) is 11.3 Å². The third kappa shape index (κ3) is 3.21. The number of hydrogen-bond acceptors (Lipinski definition) is 4. The Bertz CT molecular complexity index is 323. The minimum atomic E-state index is 0.449. The summed E-state index contributed by atoms with van der Waals surface area (Å²) in [5, 5.41) is 4.27. The van der Waals surface area contributed by atoms with Crippen LogP contribution in [0.25, 0.3) is 0 Å². The summed E-state index contributed by atoms with van der Waals surface area (Å²) < 4.78 is 12.7. The molecule has 0 unspecified atom stereocenters. The highest BCUT2D eigenvalue weighted by molar-refractivity contribution is 5.30. The van der Waals surface area contributed by atoms with Gasteiger partial charge in [-0.3, -0.25) is 0 Å². The monoisotopic (exact) mass is 227 g/mol. The van der Waals surface area contributed by atoms with Gasteiger partial charge in [0.2, 0.25) is 5.88 Å². The molecule has 0 spiro atoms. The lowest BCUT2D eigenvalue weighted by Crippen LogP contribution is -2.11. The van der Waals surface area contributed by atoms with Gasteiger partial charge in [0.15, 0.2) is 0 Å². The van der Waals surface area contributed by atoms with E-state index in [1.807, 2.05) is 14.0 Å². The van der Waals surface area contributed by atoms with E-state index < -0.39 is 0 Å². The molecule has 0 amide bonds. The highest BCUT2D eigenvalue weighted by Crippen LogP contribution is 2.20. The zero-order valence-corrected chi connectivity index (χ0v) is 10.3. The van der Waals surface area contributed by atoms with Gasteiger partial charge in [-0.05, 0) is 13.3 Å². The fourth-order valence-corrected chi connectivity index (χ4v) is 1.54. The second kappa shape index (κ2) is 6.50. The highest BCUT2D eigenvalue weighted by Gasteiger charge is 2.12. The van der Waals surface area contributed by atoms with E-state index in [1.54, 1.807) is 4.68 Å². The van der Waals surface area contributed by atoms with Crippen LogP contribution in [0.1, 0.15) is 24.6 Å². The van der Waals surface area contributed by atoms with Gasteiger partial charge in [0, 0.05) is 20.2 Å². The molecule has 0 atom stereocenters. The summed E-state index contributed by atoms with van der Waals surface area (Å²) in [4.78, 5) is 0. The summed E-state index contributed by atoms with van der Waals surface area (Å²) >= 11 is 0. The third-order valence-electron chi connectivity index (χ3n) is 2.31. The van der Waals surface area contributed by atoms with E-state index in [9.17, 15) is 0 Å². The van der Waals surface area contributed by atoms with Crippen molar-refractivity contribution in [3.63, 3.8) is 0 Å². The molecule has 0 bridgehead atoms. The lowest BCUT2D eigenvalue weighted by atomic mass is 10.2. The van der Waals surface area contributed by atoms with Gasteiger partial charge >= 0.3 is 0 Å². The fourth-order valence-electron chi connectivity index (χ4n) is 1.54. The molecule has 5 heteroatoms. The second-order valence-electron chi connectivity index (χ2n) is 3.66. The Morgan fingerprint density at radius 1 is 1.31 bits per heavy atom. The van der Waals surface area contributed by atoms with Gasteiger partial charge in [0.25, 0.3) is 0 Å². The number of aryl methyl sites for hydroxylation is 2. The van der Waals surface area contributed by atoms with Crippen LogP contribution in [0, 0.1) is 6.92 Å². The molecule has 1 aromatic heterocycles. The summed E-state index contributed by atoms with van der Waals surface area (Å²) in [5.41, 5.74) is 7.55. The van der Waals surface area contributed by atoms with Gasteiger partial charge in [0.05, 0.1) is 17.9 Å². The molecule has 92 valence electrons. The van der Waals surface area contributed by atoms with Crippen LogP contribution in [0.5, 0.6) is 5.88 Å². The largest absolute Gasteiger partial charge is 0.475 e. The number of ether oxygens (including phenoxy) is 2. The maximum Gasteiger partial charge on any atom is 0.216 e. The van der Waals surface area contributed by atoms with Gasteiger partial charge in [-0.25, -0.2) is 4.68 Å². The highest BCUT2D eigenvalue weighted by atomic mass is 16.5. The SMILES string of the molecule is CCCOCCOc1c(CN)c(C)nn1C. The minimum absolute atomic E-state index is 0.449. The average Bonchev–Trinajstić information content (AvgIpc) is 2.53. The predicted molar refractivity (Wildman–Crippen MR) is 62.4 cm³/mol. The summed E-state index contributed by atoms with van der Waals surface area (Å²) in [6, 6.07) is 0. The predicted octanol–water partition coefficient (Wildman–Crippen LogP) is 0.993. The van der Waals surface area contributed by atoms with Crippen molar-refractivity contribution >= 4 is 0 Å². The van der Waals surface area contributed by atoms with Gasteiger partial charge in [-0.2, -0.15) is 5.10 Å². The van der Waals surface area contributed by atoms with E-state index in [-0.39, 0.29) is 0 Å². The van der Waals surface area contributed by atoms with E-state index in [0.29, 0.717) is 19.8 Å². The summed E-state index contributed by atoms with van der Waals surface area (Å²) in [6.07, 6.45) is 1.03. The van der Waals surface area contributed by atoms with E-state index in [2.05, 4.69) is 12.0 Å². The topological polar surface area (TPSA) is 62.3 Å². The Balaban J connectivity index is 2.46. The van der Waals surface area contributed by atoms with Gasteiger partial charge in [0.1, 0.15) is 6.61 Å². The Labute approximate surface area is 96.5 Å². The molecule has 0 saturated heterocycles.